The molecule has 0 radical (unpaired) electrons. The molecule has 8 nitrogen and oxygen atoms in total. The van der Waals surface area contributed by atoms with Crippen LogP contribution in [0.15, 0.2) is 18.2 Å². The fraction of sp³-hybridized carbons (Fsp3) is 0.619. The third-order valence-electron chi connectivity index (χ3n) is 6.21. The molecule has 3 aliphatic heterocycles. The van der Waals surface area contributed by atoms with Crippen molar-refractivity contribution in [1.82, 2.24) is 10.2 Å². The number of carbonyl (C=O) groups excluding carboxylic acids is 2. The summed E-state index contributed by atoms with van der Waals surface area (Å²) >= 11 is 0. The molecule has 1 N–H and O–H groups in total. The van der Waals surface area contributed by atoms with E-state index in [1.165, 1.54) is 17.9 Å². The first-order chi connectivity index (χ1) is 14.4. The van der Waals surface area contributed by atoms with E-state index < -0.39 is 12.2 Å². The fourth-order valence-electron chi connectivity index (χ4n) is 4.71. The fourth-order valence-corrected chi connectivity index (χ4v) is 4.71. The van der Waals surface area contributed by atoms with Gasteiger partial charge < -0.3 is 24.6 Å². The minimum Gasteiger partial charge on any atom is -0.442 e. The Labute approximate surface area is 175 Å². The molecule has 4 rings (SSSR count). The number of amides is 2. The molecule has 3 aliphatic rings. The summed E-state index contributed by atoms with van der Waals surface area (Å²) in [5, 5.41) is 2.64. The van der Waals surface area contributed by atoms with Gasteiger partial charge in [0.05, 0.1) is 31.1 Å². The summed E-state index contributed by atoms with van der Waals surface area (Å²) in [6, 6.07) is 4.92. The number of fused-ring (bicyclic) bond motifs is 1. The Morgan fingerprint density at radius 3 is 2.60 bits per heavy atom. The molecular formula is C21H29FN4O4. The average molecular weight is 420 g/mol. The van der Waals surface area contributed by atoms with Gasteiger partial charge in [0.2, 0.25) is 5.91 Å². The normalized spacial score (nSPS) is 26.2. The number of nitrogens with zero attached hydrogens (tertiary/aromatic N) is 3. The van der Waals surface area contributed by atoms with Gasteiger partial charge in [-0.05, 0) is 30.0 Å². The quantitative estimate of drug-likeness (QED) is 0.717. The van der Waals surface area contributed by atoms with Crippen molar-refractivity contribution in [3.05, 3.63) is 24.0 Å². The molecule has 1 aromatic rings. The summed E-state index contributed by atoms with van der Waals surface area (Å²) in [5.41, 5.74) is 1.05. The molecule has 3 atom stereocenters. The van der Waals surface area contributed by atoms with E-state index in [-0.39, 0.29) is 24.8 Å². The first kappa shape index (κ1) is 20.9. The van der Waals surface area contributed by atoms with Gasteiger partial charge in [-0.1, -0.05) is 0 Å². The molecule has 3 heterocycles. The van der Waals surface area contributed by atoms with Gasteiger partial charge in [-0.2, -0.15) is 0 Å². The molecule has 2 amide bonds. The van der Waals surface area contributed by atoms with Gasteiger partial charge in [0, 0.05) is 46.8 Å². The molecule has 164 valence electrons. The molecule has 9 heteroatoms. The lowest BCUT2D eigenvalue weighted by molar-refractivity contribution is -0.119. The first-order valence-corrected chi connectivity index (χ1v) is 10.4. The maximum absolute atomic E-state index is 14.9. The van der Waals surface area contributed by atoms with Crippen LogP contribution in [-0.2, 0) is 14.3 Å². The predicted molar refractivity (Wildman–Crippen MR) is 110 cm³/mol. The number of likely N-dealkylation sites (tertiary alicyclic amines) is 1. The Hall–Kier alpha value is -2.39. The number of anilines is 2. The number of halogens is 1. The Kier molecular flexibility index (Phi) is 6.10. The number of carbonyl (C=O) groups is 2. The van der Waals surface area contributed by atoms with Crippen LogP contribution < -0.4 is 15.1 Å². The number of hydrogen-bond acceptors (Lipinski definition) is 6. The van der Waals surface area contributed by atoms with Crippen LogP contribution in [0.5, 0.6) is 0 Å². The van der Waals surface area contributed by atoms with Gasteiger partial charge in [-0.15, -0.1) is 0 Å². The van der Waals surface area contributed by atoms with E-state index >= 15 is 0 Å². The van der Waals surface area contributed by atoms with Crippen LogP contribution in [0.4, 0.5) is 20.6 Å². The Bertz CT molecular complexity index is 793. The second-order valence-electron chi connectivity index (χ2n) is 8.37. The number of hydrogen-bond donors (Lipinski definition) is 1. The molecule has 0 aromatic heterocycles. The zero-order valence-electron chi connectivity index (χ0n) is 17.5. The number of cyclic esters (lactones) is 1. The lowest BCUT2D eigenvalue weighted by Gasteiger charge is -2.24. The van der Waals surface area contributed by atoms with Gasteiger partial charge in [0.1, 0.15) is 11.9 Å². The van der Waals surface area contributed by atoms with Crippen molar-refractivity contribution in [3.63, 3.8) is 0 Å². The monoisotopic (exact) mass is 420 g/mol. The number of nitrogens with one attached hydrogen (secondary N) is 1. The average Bonchev–Trinajstić information content (AvgIpc) is 3.37. The Morgan fingerprint density at radius 2 is 1.97 bits per heavy atom. The third kappa shape index (κ3) is 4.37. The highest BCUT2D eigenvalue weighted by Gasteiger charge is 2.40. The predicted octanol–water partition coefficient (Wildman–Crippen LogP) is 1.30. The van der Waals surface area contributed by atoms with Crippen LogP contribution in [0.3, 0.4) is 0 Å². The minimum atomic E-state index is -0.524. The molecule has 3 fully saturated rings. The van der Waals surface area contributed by atoms with E-state index in [0.717, 1.165) is 39.3 Å². The van der Waals surface area contributed by atoms with E-state index in [1.54, 1.807) is 19.2 Å². The molecule has 0 bridgehead atoms. The summed E-state index contributed by atoms with van der Waals surface area (Å²) in [5.74, 6) is 0.576. The van der Waals surface area contributed by atoms with E-state index in [9.17, 15) is 14.0 Å². The van der Waals surface area contributed by atoms with Crippen molar-refractivity contribution in [3.8, 4) is 0 Å². The lowest BCUT2D eigenvalue weighted by atomic mass is 10.0. The molecular weight excluding hydrogens is 391 g/mol. The highest BCUT2D eigenvalue weighted by atomic mass is 19.1. The highest BCUT2D eigenvalue weighted by Crippen LogP contribution is 2.36. The van der Waals surface area contributed by atoms with Crippen LogP contribution in [-0.4, -0.2) is 82.5 Å². The molecule has 0 saturated carbocycles. The van der Waals surface area contributed by atoms with Crippen LogP contribution in [0.1, 0.15) is 6.92 Å². The third-order valence-corrected chi connectivity index (χ3v) is 6.21. The second kappa shape index (κ2) is 8.77. The highest BCUT2D eigenvalue weighted by molar-refractivity contribution is 5.90. The number of benzene rings is 1. The summed E-state index contributed by atoms with van der Waals surface area (Å²) in [4.78, 5) is 29.2. The summed E-state index contributed by atoms with van der Waals surface area (Å²) in [6.07, 6.45) is -0.965. The van der Waals surface area contributed by atoms with E-state index in [4.69, 9.17) is 9.47 Å². The Balaban J connectivity index is 1.37. The van der Waals surface area contributed by atoms with Crippen molar-refractivity contribution in [2.45, 2.75) is 13.0 Å². The maximum Gasteiger partial charge on any atom is 0.414 e. The van der Waals surface area contributed by atoms with Crippen LogP contribution in [0, 0.1) is 17.7 Å². The van der Waals surface area contributed by atoms with Crippen LogP contribution in [0.2, 0.25) is 0 Å². The van der Waals surface area contributed by atoms with Crippen LogP contribution in [0.25, 0.3) is 0 Å². The van der Waals surface area contributed by atoms with Crippen molar-refractivity contribution >= 4 is 23.4 Å². The van der Waals surface area contributed by atoms with Crippen molar-refractivity contribution in [2.75, 3.05) is 69.3 Å². The van der Waals surface area contributed by atoms with Gasteiger partial charge in [0.15, 0.2) is 0 Å². The number of methoxy groups -OCH3 is 1. The molecule has 1 aromatic carbocycles. The van der Waals surface area contributed by atoms with E-state index in [2.05, 4.69) is 15.1 Å². The smallest absolute Gasteiger partial charge is 0.414 e. The van der Waals surface area contributed by atoms with Gasteiger partial charge in [0.25, 0.3) is 0 Å². The minimum absolute atomic E-state index is 0.183. The van der Waals surface area contributed by atoms with Gasteiger partial charge in [-0.25, -0.2) is 9.18 Å². The van der Waals surface area contributed by atoms with E-state index in [1.807, 2.05) is 0 Å². The summed E-state index contributed by atoms with van der Waals surface area (Å²) < 4.78 is 25.4. The standard InChI is InChI=1S/C21H29FN4O4/c1-14(27)23-8-18-13-26(21(28)30-18)17-3-4-20(19(22)7-17)25-11-15-9-24(5-6-29-2)10-16(15)12-25/h3-4,7,15-16,18H,5-6,8-13H2,1-2H3,(H,23,27)/t15-,16+,18-/m0/s1. The van der Waals surface area contributed by atoms with Gasteiger partial charge in [-0.3, -0.25) is 9.69 Å². The summed E-state index contributed by atoms with van der Waals surface area (Å²) in [7, 11) is 1.72. The first-order valence-electron chi connectivity index (χ1n) is 10.4. The Morgan fingerprint density at radius 1 is 1.23 bits per heavy atom. The van der Waals surface area contributed by atoms with Crippen molar-refractivity contribution in [2.24, 2.45) is 11.8 Å². The van der Waals surface area contributed by atoms with E-state index in [0.29, 0.717) is 23.2 Å². The maximum atomic E-state index is 14.9. The van der Waals surface area contributed by atoms with Crippen LogP contribution >= 0.6 is 0 Å². The number of ether oxygens (including phenoxy) is 2. The summed E-state index contributed by atoms with van der Waals surface area (Å²) in [6.45, 7) is 7.36. The second-order valence-corrected chi connectivity index (χ2v) is 8.37. The zero-order valence-corrected chi connectivity index (χ0v) is 17.5. The number of rotatable bonds is 7. The molecule has 0 aliphatic carbocycles. The largest absolute Gasteiger partial charge is 0.442 e. The molecule has 0 spiro atoms. The van der Waals surface area contributed by atoms with Gasteiger partial charge >= 0.3 is 6.09 Å². The lowest BCUT2D eigenvalue weighted by Crippen LogP contribution is -2.33. The zero-order chi connectivity index (χ0) is 21.3. The van der Waals surface area contributed by atoms with Crippen molar-refractivity contribution in [1.29, 1.82) is 0 Å². The molecule has 3 saturated heterocycles. The van der Waals surface area contributed by atoms with Crippen molar-refractivity contribution < 1.29 is 23.5 Å². The molecule has 30 heavy (non-hydrogen) atoms. The SMILES string of the molecule is COCCN1C[C@@H]2CN(c3ccc(N4C[C@H](CNC(C)=O)OC4=O)cc3F)C[C@@H]2C1. The topological polar surface area (TPSA) is 74.3 Å². The molecule has 0 unspecified atom stereocenters.